The standard InChI is InChI=1S/C12H17Br2NO/c1-3-6-16-8-12(15-2)10-5-4-9(13)7-11(10)14/h4-5,7,12,15H,3,6,8H2,1-2H3. The van der Waals surface area contributed by atoms with E-state index in [4.69, 9.17) is 4.74 Å². The number of hydrogen-bond donors (Lipinski definition) is 1. The van der Waals surface area contributed by atoms with Crippen LogP contribution in [0.4, 0.5) is 0 Å². The molecular formula is C12H17Br2NO. The number of halogens is 2. The van der Waals surface area contributed by atoms with E-state index in [1.807, 2.05) is 13.1 Å². The summed E-state index contributed by atoms with van der Waals surface area (Å²) in [5, 5.41) is 3.27. The summed E-state index contributed by atoms with van der Waals surface area (Å²) in [5.41, 5.74) is 1.22. The van der Waals surface area contributed by atoms with Gasteiger partial charge in [0.15, 0.2) is 0 Å². The summed E-state index contributed by atoms with van der Waals surface area (Å²) in [5.74, 6) is 0. The molecule has 0 fully saturated rings. The van der Waals surface area contributed by atoms with Crippen molar-refractivity contribution < 1.29 is 4.74 Å². The van der Waals surface area contributed by atoms with Gasteiger partial charge >= 0.3 is 0 Å². The van der Waals surface area contributed by atoms with Gasteiger partial charge in [0.2, 0.25) is 0 Å². The Balaban J connectivity index is 2.70. The summed E-state index contributed by atoms with van der Waals surface area (Å²) in [6.45, 7) is 3.63. The average molecular weight is 351 g/mol. The SMILES string of the molecule is CCCOCC(NC)c1ccc(Br)cc1Br. The van der Waals surface area contributed by atoms with Gasteiger partial charge in [-0.3, -0.25) is 0 Å². The smallest absolute Gasteiger partial charge is 0.0661 e. The lowest BCUT2D eigenvalue weighted by molar-refractivity contribution is 0.114. The molecule has 4 heteroatoms. The zero-order chi connectivity index (χ0) is 12.0. The van der Waals surface area contributed by atoms with E-state index in [0.717, 1.165) is 22.0 Å². The van der Waals surface area contributed by atoms with Crippen molar-refractivity contribution in [2.45, 2.75) is 19.4 Å². The maximum Gasteiger partial charge on any atom is 0.0661 e. The minimum atomic E-state index is 0.231. The Morgan fingerprint density at radius 1 is 1.38 bits per heavy atom. The van der Waals surface area contributed by atoms with Crippen molar-refractivity contribution >= 4 is 31.9 Å². The van der Waals surface area contributed by atoms with E-state index in [1.54, 1.807) is 0 Å². The molecule has 1 aromatic carbocycles. The number of nitrogens with one attached hydrogen (secondary N) is 1. The molecule has 0 radical (unpaired) electrons. The fraction of sp³-hybridized carbons (Fsp3) is 0.500. The Labute approximate surface area is 114 Å². The van der Waals surface area contributed by atoms with E-state index in [1.165, 1.54) is 5.56 Å². The summed E-state index contributed by atoms with van der Waals surface area (Å²) in [7, 11) is 1.95. The second-order valence-corrected chi connectivity index (χ2v) is 5.35. The highest BCUT2D eigenvalue weighted by molar-refractivity contribution is 9.11. The van der Waals surface area contributed by atoms with E-state index in [0.29, 0.717) is 6.61 Å². The van der Waals surface area contributed by atoms with Crippen LogP contribution in [0.5, 0.6) is 0 Å². The third kappa shape index (κ3) is 4.17. The van der Waals surface area contributed by atoms with Crippen molar-refractivity contribution in [1.29, 1.82) is 0 Å². The fourth-order valence-electron chi connectivity index (χ4n) is 1.46. The Morgan fingerprint density at radius 2 is 2.12 bits per heavy atom. The third-order valence-electron chi connectivity index (χ3n) is 2.32. The molecule has 0 aromatic heterocycles. The van der Waals surface area contributed by atoms with Crippen molar-refractivity contribution in [2.75, 3.05) is 20.3 Å². The highest BCUT2D eigenvalue weighted by Crippen LogP contribution is 2.27. The topological polar surface area (TPSA) is 21.3 Å². The maximum atomic E-state index is 5.58. The monoisotopic (exact) mass is 349 g/mol. The Kier molecular flexibility index (Phi) is 6.58. The van der Waals surface area contributed by atoms with Crippen molar-refractivity contribution in [1.82, 2.24) is 5.32 Å². The Hall–Kier alpha value is 0.1000. The minimum absolute atomic E-state index is 0.231. The van der Waals surface area contributed by atoms with Gasteiger partial charge in [0, 0.05) is 15.6 Å². The van der Waals surface area contributed by atoms with Gasteiger partial charge in [-0.25, -0.2) is 0 Å². The molecular weight excluding hydrogens is 334 g/mol. The van der Waals surface area contributed by atoms with E-state index >= 15 is 0 Å². The van der Waals surface area contributed by atoms with Gasteiger partial charge in [-0.2, -0.15) is 0 Å². The van der Waals surface area contributed by atoms with Crippen LogP contribution in [0.15, 0.2) is 27.1 Å². The van der Waals surface area contributed by atoms with E-state index in [9.17, 15) is 0 Å². The maximum absolute atomic E-state index is 5.58. The first-order valence-corrected chi connectivity index (χ1v) is 6.97. The Bertz CT molecular complexity index is 331. The summed E-state index contributed by atoms with van der Waals surface area (Å²) >= 11 is 7.02. The van der Waals surface area contributed by atoms with Crippen LogP contribution in [0.25, 0.3) is 0 Å². The number of likely N-dealkylation sites (N-methyl/N-ethyl adjacent to an activating group) is 1. The summed E-state index contributed by atoms with van der Waals surface area (Å²) in [4.78, 5) is 0. The Morgan fingerprint density at radius 3 is 2.69 bits per heavy atom. The number of ether oxygens (including phenoxy) is 1. The molecule has 0 saturated carbocycles. The van der Waals surface area contributed by atoms with Crippen LogP contribution in [0.2, 0.25) is 0 Å². The lowest BCUT2D eigenvalue weighted by Crippen LogP contribution is -2.22. The minimum Gasteiger partial charge on any atom is -0.379 e. The first-order valence-electron chi connectivity index (χ1n) is 5.39. The van der Waals surface area contributed by atoms with Crippen LogP contribution in [-0.4, -0.2) is 20.3 Å². The quantitative estimate of drug-likeness (QED) is 0.785. The molecule has 90 valence electrons. The molecule has 1 N–H and O–H groups in total. The highest BCUT2D eigenvalue weighted by Gasteiger charge is 2.12. The predicted octanol–water partition coefficient (Wildman–Crippen LogP) is 3.90. The molecule has 1 rings (SSSR count). The van der Waals surface area contributed by atoms with Crippen molar-refractivity contribution in [3.8, 4) is 0 Å². The molecule has 0 spiro atoms. The second kappa shape index (κ2) is 7.43. The summed E-state index contributed by atoms with van der Waals surface area (Å²) in [6.07, 6.45) is 1.05. The zero-order valence-electron chi connectivity index (χ0n) is 9.59. The van der Waals surface area contributed by atoms with Crippen LogP contribution < -0.4 is 5.32 Å². The van der Waals surface area contributed by atoms with Gasteiger partial charge in [0.25, 0.3) is 0 Å². The molecule has 0 heterocycles. The van der Waals surface area contributed by atoms with Crippen LogP contribution >= 0.6 is 31.9 Å². The van der Waals surface area contributed by atoms with E-state index in [2.05, 4.69) is 56.2 Å². The molecule has 0 aliphatic carbocycles. The predicted molar refractivity (Wildman–Crippen MR) is 74.8 cm³/mol. The largest absolute Gasteiger partial charge is 0.379 e. The van der Waals surface area contributed by atoms with Crippen molar-refractivity contribution in [2.24, 2.45) is 0 Å². The summed E-state index contributed by atoms with van der Waals surface area (Å²) in [6, 6.07) is 6.43. The van der Waals surface area contributed by atoms with Gasteiger partial charge in [0.05, 0.1) is 12.6 Å². The van der Waals surface area contributed by atoms with Gasteiger partial charge in [0.1, 0.15) is 0 Å². The molecule has 1 unspecified atom stereocenters. The lowest BCUT2D eigenvalue weighted by atomic mass is 10.1. The molecule has 16 heavy (non-hydrogen) atoms. The molecule has 0 amide bonds. The molecule has 1 atom stereocenters. The molecule has 2 nitrogen and oxygen atoms in total. The second-order valence-electron chi connectivity index (χ2n) is 3.58. The van der Waals surface area contributed by atoms with Gasteiger partial charge in [-0.15, -0.1) is 0 Å². The fourth-order valence-corrected chi connectivity index (χ4v) is 2.78. The number of benzene rings is 1. The molecule has 0 bridgehead atoms. The van der Waals surface area contributed by atoms with Gasteiger partial charge < -0.3 is 10.1 Å². The highest BCUT2D eigenvalue weighted by atomic mass is 79.9. The van der Waals surface area contributed by atoms with Gasteiger partial charge in [-0.05, 0) is 31.2 Å². The van der Waals surface area contributed by atoms with Crippen LogP contribution in [0.1, 0.15) is 24.9 Å². The van der Waals surface area contributed by atoms with Crippen LogP contribution in [0.3, 0.4) is 0 Å². The molecule has 0 saturated heterocycles. The van der Waals surface area contributed by atoms with E-state index < -0.39 is 0 Å². The molecule has 0 aliphatic rings. The van der Waals surface area contributed by atoms with Crippen LogP contribution in [0, 0.1) is 0 Å². The molecule has 1 aromatic rings. The number of rotatable bonds is 6. The van der Waals surface area contributed by atoms with E-state index in [-0.39, 0.29) is 6.04 Å². The lowest BCUT2D eigenvalue weighted by Gasteiger charge is -2.18. The van der Waals surface area contributed by atoms with Crippen molar-refractivity contribution in [3.05, 3.63) is 32.7 Å². The first kappa shape index (κ1) is 14.2. The average Bonchev–Trinajstić information content (AvgIpc) is 2.26. The summed E-state index contributed by atoms with van der Waals surface area (Å²) < 4.78 is 7.76. The van der Waals surface area contributed by atoms with Gasteiger partial charge in [-0.1, -0.05) is 44.8 Å². The van der Waals surface area contributed by atoms with Crippen LogP contribution in [-0.2, 0) is 4.74 Å². The molecule has 0 aliphatic heterocycles. The first-order chi connectivity index (χ1) is 7.69. The number of hydrogen-bond acceptors (Lipinski definition) is 2. The third-order valence-corrected chi connectivity index (χ3v) is 3.50. The zero-order valence-corrected chi connectivity index (χ0v) is 12.8. The van der Waals surface area contributed by atoms with Crippen molar-refractivity contribution in [3.63, 3.8) is 0 Å². The normalized spacial score (nSPS) is 12.8.